The number of fused-ring (bicyclic) bond motifs is 1. The van der Waals surface area contributed by atoms with Gasteiger partial charge < -0.3 is 15.5 Å². The van der Waals surface area contributed by atoms with Gasteiger partial charge in [-0.15, -0.1) is 11.3 Å². The van der Waals surface area contributed by atoms with Crippen molar-refractivity contribution in [3.8, 4) is 0 Å². The molecule has 0 aliphatic heterocycles. The summed E-state index contributed by atoms with van der Waals surface area (Å²) in [5, 5.41) is 10.7. The number of aromatic nitrogens is 2. The fourth-order valence-corrected chi connectivity index (χ4v) is 5.20. The highest BCUT2D eigenvalue weighted by Gasteiger charge is 2.21. The first-order valence-electron chi connectivity index (χ1n) is 11.7. The Balaban J connectivity index is 1.19. The Kier molecular flexibility index (Phi) is 7.76. The first-order chi connectivity index (χ1) is 15.2. The Morgan fingerprint density at radius 3 is 2.52 bits per heavy atom. The van der Waals surface area contributed by atoms with Crippen molar-refractivity contribution in [3.05, 3.63) is 46.7 Å². The van der Waals surface area contributed by atoms with Gasteiger partial charge in [0.05, 0.1) is 5.52 Å². The summed E-state index contributed by atoms with van der Waals surface area (Å²) in [5.74, 6) is 1.73. The Hall–Kier alpha value is -2.18. The number of benzene rings is 1. The normalized spacial score (nSPS) is 18.9. The fraction of sp³-hybridized carbons (Fsp3) is 0.520. The topological polar surface area (TPSA) is 53.1 Å². The van der Waals surface area contributed by atoms with Crippen LogP contribution in [0.2, 0.25) is 0 Å². The van der Waals surface area contributed by atoms with Crippen LogP contribution in [0.25, 0.3) is 10.9 Å². The fourth-order valence-electron chi connectivity index (χ4n) is 4.45. The second-order valence-electron chi connectivity index (χ2n) is 8.82. The van der Waals surface area contributed by atoms with Crippen molar-refractivity contribution in [2.75, 3.05) is 30.9 Å². The van der Waals surface area contributed by atoms with E-state index in [0.717, 1.165) is 29.2 Å². The maximum atomic E-state index is 4.80. The Morgan fingerprint density at radius 1 is 0.935 bits per heavy atom. The summed E-state index contributed by atoms with van der Waals surface area (Å²) in [6.07, 6.45) is 9.92. The number of rotatable bonds is 10. The van der Waals surface area contributed by atoms with E-state index in [2.05, 4.69) is 45.2 Å². The number of thiophene rings is 1. The molecule has 6 heteroatoms. The van der Waals surface area contributed by atoms with Crippen LogP contribution in [-0.4, -0.2) is 42.7 Å². The lowest BCUT2D eigenvalue weighted by Gasteiger charge is -2.30. The van der Waals surface area contributed by atoms with Gasteiger partial charge in [0.1, 0.15) is 5.82 Å². The molecule has 0 bridgehead atoms. The van der Waals surface area contributed by atoms with Gasteiger partial charge in [-0.05, 0) is 75.1 Å². The summed E-state index contributed by atoms with van der Waals surface area (Å²) in [6, 6.07) is 13.8. The molecule has 1 fully saturated rings. The molecule has 1 aromatic carbocycles. The number of hydrogen-bond acceptors (Lipinski definition) is 6. The number of anilines is 2. The van der Waals surface area contributed by atoms with E-state index in [9.17, 15) is 0 Å². The van der Waals surface area contributed by atoms with Gasteiger partial charge in [0.2, 0.25) is 5.95 Å². The van der Waals surface area contributed by atoms with Gasteiger partial charge in [0.15, 0.2) is 0 Å². The molecule has 5 nitrogen and oxygen atoms in total. The van der Waals surface area contributed by atoms with Crippen LogP contribution in [0.4, 0.5) is 11.8 Å². The van der Waals surface area contributed by atoms with Gasteiger partial charge in [-0.25, -0.2) is 4.98 Å². The second kappa shape index (κ2) is 10.9. The highest BCUT2D eigenvalue weighted by atomic mass is 32.1. The highest BCUT2D eigenvalue weighted by molar-refractivity contribution is 7.09. The number of nitrogens with zero attached hydrogens (tertiary/aromatic N) is 3. The monoisotopic (exact) mass is 437 g/mol. The van der Waals surface area contributed by atoms with Crippen LogP contribution >= 0.6 is 11.3 Å². The van der Waals surface area contributed by atoms with E-state index in [4.69, 9.17) is 9.97 Å². The van der Waals surface area contributed by atoms with Crippen LogP contribution in [0.3, 0.4) is 0 Å². The average Bonchev–Trinajstić information content (AvgIpc) is 3.30. The summed E-state index contributed by atoms with van der Waals surface area (Å²) in [6.45, 7) is 1.15. The Morgan fingerprint density at radius 2 is 1.74 bits per heavy atom. The minimum Gasteiger partial charge on any atom is -0.362 e. The smallest absolute Gasteiger partial charge is 0.225 e. The van der Waals surface area contributed by atoms with Crippen molar-refractivity contribution in [3.63, 3.8) is 0 Å². The summed E-state index contributed by atoms with van der Waals surface area (Å²) < 4.78 is 0. The van der Waals surface area contributed by atoms with Gasteiger partial charge in [-0.2, -0.15) is 4.98 Å². The Labute approximate surface area is 190 Å². The maximum Gasteiger partial charge on any atom is 0.225 e. The molecule has 3 aromatic rings. The van der Waals surface area contributed by atoms with E-state index in [1.807, 2.05) is 37.6 Å². The Bertz CT molecular complexity index is 932. The number of hydrogen-bond donors (Lipinski definition) is 2. The maximum absolute atomic E-state index is 4.80. The van der Waals surface area contributed by atoms with Crippen molar-refractivity contribution < 1.29 is 0 Å². The molecular formula is C25H35N5S. The lowest BCUT2D eigenvalue weighted by atomic mass is 9.91. The predicted octanol–water partition coefficient (Wildman–Crippen LogP) is 5.48. The zero-order valence-electron chi connectivity index (χ0n) is 18.8. The molecule has 2 heterocycles. The number of para-hydroxylation sites is 1. The van der Waals surface area contributed by atoms with Gasteiger partial charge in [-0.3, -0.25) is 0 Å². The van der Waals surface area contributed by atoms with Crippen molar-refractivity contribution in [2.45, 2.75) is 63.5 Å². The van der Waals surface area contributed by atoms with E-state index in [0.29, 0.717) is 12.1 Å². The zero-order valence-corrected chi connectivity index (χ0v) is 19.6. The lowest BCUT2D eigenvalue weighted by Crippen LogP contribution is -2.37. The third-order valence-electron chi connectivity index (χ3n) is 6.18. The van der Waals surface area contributed by atoms with Crippen molar-refractivity contribution in [1.29, 1.82) is 0 Å². The summed E-state index contributed by atoms with van der Waals surface area (Å²) in [7, 11) is 4.08. The summed E-state index contributed by atoms with van der Waals surface area (Å²) in [5.41, 5.74) is 0.998. The minimum absolute atomic E-state index is 0.458. The van der Waals surface area contributed by atoms with E-state index < -0.39 is 0 Å². The quantitative estimate of drug-likeness (QED) is 0.411. The molecule has 166 valence electrons. The first-order valence-corrected chi connectivity index (χ1v) is 12.5. The standard InChI is InChI=1S/C25H35N5S/c1-30(2)24-22-11-5-6-12-23(22)28-25(29-24)27-20-15-13-19(14-16-20)26-17-7-3-4-9-21-10-8-18-31-21/h5-6,8,10-12,18-20,26H,3-4,7,9,13-17H2,1-2H3,(H,27,28,29). The van der Waals surface area contributed by atoms with Crippen LogP contribution in [0.5, 0.6) is 0 Å². The zero-order chi connectivity index (χ0) is 21.5. The van der Waals surface area contributed by atoms with E-state index in [1.165, 1.54) is 56.2 Å². The molecule has 1 aliphatic carbocycles. The molecule has 2 aromatic heterocycles. The number of unbranched alkanes of at least 4 members (excludes halogenated alkanes) is 2. The molecule has 0 radical (unpaired) electrons. The van der Waals surface area contributed by atoms with Crippen molar-refractivity contribution in [1.82, 2.24) is 15.3 Å². The molecule has 1 aliphatic rings. The summed E-state index contributed by atoms with van der Waals surface area (Å²) in [4.78, 5) is 13.1. The van der Waals surface area contributed by atoms with Gasteiger partial charge in [0.25, 0.3) is 0 Å². The van der Waals surface area contributed by atoms with Crippen molar-refractivity contribution in [2.24, 2.45) is 0 Å². The molecule has 31 heavy (non-hydrogen) atoms. The third-order valence-corrected chi connectivity index (χ3v) is 7.12. The predicted molar refractivity (Wildman–Crippen MR) is 133 cm³/mol. The largest absolute Gasteiger partial charge is 0.362 e. The number of nitrogens with one attached hydrogen (secondary N) is 2. The minimum atomic E-state index is 0.458. The van der Waals surface area contributed by atoms with Crippen LogP contribution in [0.15, 0.2) is 41.8 Å². The SMILES string of the molecule is CN(C)c1nc(NC2CCC(NCCCCCc3cccs3)CC2)nc2ccccc12. The highest BCUT2D eigenvalue weighted by Crippen LogP contribution is 2.26. The average molecular weight is 438 g/mol. The van der Waals surface area contributed by atoms with Crippen LogP contribution < -0.4 is 15.5 Å². The number of aryl methyl sites for hydroxylation is 1. The lowest BCUT2D eigenvalue weighted by molar-refractivity contribution is 0.351. The molecule has 0 unspecified atom stereocenters. The summed E-state index contributed by atoms with van der Waals surface area (Å²) >= 11 is 1.88. The molecule has 2 N–H and O–H groups in total. The van der Waals surface area contributed by atoms with E-state index in [1.54, 1.807) is 0 Å². The van der Waals surface area contributed by atoms with Crippen molar-refractivity contribution >= 4 is 34.0 Å². The van der Waals surface area contributed by atoms with Gasteiger partial charge >= 0.3 is 0 Å². The second-order valence-corrected chi connectivity index (χ2v) is 9.85. The molecule has 0 atom stereocenters. The molecular weight excluding hydrogens is 402 g/mol. The third kappa shape index (κ3) is 6.17. The first kappa shape index (κ1) is 22.0. The molecule has 0 spiro atoms. The van der Waals surface area contributed by atoms with Crippen LogP contribution in [-0.2, 0) is 6.42 Å². The van der Waals surface area contributed by atoms with Crippen LogP contribution in [0.1, 0.15) is 49.8 Å². The van der Waals surface area contributed by atoms with E-state index >= 15 is 0 Å². The molecule has 0 saturated heterocycles. The van der Waals surface area contributed by atoms with Gasteiger partial charge in [-0.1, -0.05) is 24.6 Å². The van der Waals surface area contributed by atoms with Gasteiger partial charge in [0, 0.05) is 36.4 Å². The van der Waals surface area contributed by atoms with E-state index in [-0.39, 0.29) is 0 Å². The molecule has 1 saturated carbocycles. The molecule has 4 rings (SSSR count). The van der Waals surface area contributed by atoms with Crippen LogP contribution in [0, 0.1) is 0 Å². The molecule has 0 amide bonds.